The SMILES string of the molecule is O=C(COc1cccc(Cl)c1)N/N=C/c1cc([N+](=O)[O-])ccc1N1CCCC1. The summed E-state index contributed by atoms with van der Waals surface area (Å²) in [5.41, 5.74) is 3.77. The van der Waals surface area contributed by atoms with E-state index in [9.17, 15) is 14.9 Å². The van der Waals surface area contributed by atoms with Gasteiger partial charge in [0.2, 0.25) is 0 Å². The average Bonchev–Trinajstić information content (AvgIpc) is 3.21. The Hall–Kier alpha value is -3.13. The molecule has 0 aromatic heterocycles. The number of rotatable bonds is 7. The van der Waals surface area contributed by atoms with Gasteiger partial charge >= 0.3 is 0 Å². The number of hydrogen-bond acceptors (Lipinski definition) is 6. The number of carbonyl (C=O) groups excluding carboxylic acids is 1. The number of hydrogen-bond donors (Lipinski definition) is 1. The van der Waals surface area contributed by atoms with Gasteiger partial charge in [-0.2, -0.15) is 5.10 Å². The van der Waals surface area contributed by atoms with Crippen molar-refractivity contribution in [1.29, 1.82) is 0 Å². The number of nitro groups is 1. The molecule has 1 fully saturated rings. The third-order valence-electron chi connectivity index (χ3n) is 4.23. The predicted molar refractivity (Wildman–Crippen MR) is 107 cm³/mol. The molecule has 0 aliphatic carbocycles. The van der Waals surface area contributed by atoms with Crippen molar-refractivity contribution in [2.75, 3.05) is 24.6 Å². The van der Waals surface area contributed by atoms with Gasteiger partial charge in [-0.25, -0.2) is 5.43 Å². The summed E-state index contributed by atoms with van der Waals surface area (Å²) in [6.07, 6.45) is 3.56. The number of hydrazone groups is 1. The quantitative estimate of drug-likeness (QED) is 0.435. The lowest BCUT2D eigenvalue weighted by molar-refractivity contribution is -0.384. The largest absolute Gasteiger partial charge is 0.484 e. The number of ether oxygens (including phenoxy) is 1. The van der Waals surface area contributed by atoms with Crippen LogP contribution >= 0.6 is 11.6 Å². The van der Waals surface area contributed by atoms with Gasteiger partial charge in [0.15, 0.2) is 6.61 Å². The first-order valence-electron chi connectivity index (χ1n) is 8.76. The molecule has 0 unspecified atom stereocenters. The van der Waals surface area contributed by atoms with Crippen LogP contribution in [-0.2, 0) is 4.79 Å². The Balaban J connectivity index is 1.64. The Morgan fingerprint density at radius 1 is 1.29 bits per heavy atom. The fourth-order valence-electron chi connectivity index (χ4n) is 2.92. The Labute approximate surface area is 166 Å². The van der Waals surface area contributed by atoms with Gasteiger partial charge in [0, 0.05) is 41.5 Å². The van der Waals surface area contributed by atoms with Gasteiger partial charge in [-0.15, -0.1) is 0 Å². The summed E-state index contributed by atoms with van der Waals surface area (Å²) in [7, 11) is 0. The Kier molecular flexibility index (Phi) is 6.44. The first-order chi connectivity index (χ1) is 13.5. The third-order valence-corrected chi connectivity index (χ3v) is 4.46. The third kappa shape index (κ3) is 5.20. The predicted octanol–water partition coefficient (Wildman–Crippen LogP) is 3.38. The molecular weight excluding hydrogens is 384 g/mol. The molecule has 0 spiro atoms. The molecule has 0 bridgehead atoms. The summed E-state index contributed by atoms with van der Waals surface area (Å²) >= 11 is 5.86. The van der Waals surface area contributed by atoms with Crippen LogP contribution in [-0.4, -0.2) is 36.7 Å². The second kappa shape index (κ2) is 9.18. The van der Waals surface area contributed by atoms with Crippen molar-refractivity contribution in [3.05, 3.63) is 63.2 Å². The van der Waals surface area contributed by atoms with Crippen LogP contribution in [0, 0.1) is 10.1 Å². The molecule has 0 atom stereocenters. The number of amides is 1. The maximum absolute atomic E-state index is 11.9. The van der Waals surface area contributed by atoms with Crippen molar-refractivity contribution in [1.82, 2.24) is 5.43 Å². The molecule has 2 aromatic carbocycles. The van der Waals surface area contributed by atoms with Crippen molar-refractivity contribution in [2.45, 2.75) is 12.8 Å². The van der Waals surface area contributed by atoms with E-state index in [4.69, 9.17) is 16.3 Å². The molecule has 1 aliphatic heterocycles. The molecule has 1 aliphatic rings. The fourth-order valence-corrected chi connectivity index (χ4v) is 3.10. The van der Waals surface area contributed by atoms with Crippen LogP contribution in [0.4, 0.5) is 11.4 Å². The van der Waals surface area contributed by atoms with Crippen molar-refractivity contribution < 1.29 is 14.5 Å². The normalized spacial score (nSPS) is 13.7. The maximum atomic E-state index is 11.9. The second-order valence-corrected chi connectivity index (χ2v) is 6.67. The highest BCUT2D eigenvalue weighted by molar-refractivity contribution is 6.30. The van der Waals surface area contributed by atoms with Crippen LogP contribution in [0.15, 0.2) is 47.6 Å². The monoisotopic (exact) mass is 402 g/mol. The summed E-state index contributed by atoms with van der Waals surface area (Å²) in [4.78, 5) is 24.7. The second-order valence-electron chi connectivity index (χ2n) is 6.23. The molecule has 1 heterocycles. The van der Waals surface area contributed by atoms with E-state index in [1.165, 1.54) is 18.3 Å². The van der Waals surface area contributed by atoms with E-state index in [1.807, 2.05) is 0 Å². The number of non-ortho nitro benzene ring substituents is 1. The highest BCUT2D eigenvalue weighted by atomic mass is 35.5. The summed E-state index contributed by atoms with van der Waals surface area (Å²) in [6.45, 7) is 1.54. The topological polar surface area (TPSA) is 97.1 Å². The first kappa shape index (κ1) is 19.6. The zero-order valence-electron chi connectivity index (χ0n) is 15.0. The average molecular weight is 403 g/mol. The minimum atomic E-state index is -0.456. The molecule has 146 valence electrons. The molecule has 0 radical (unpaired) electrons. The van der Waals surface area contributed by atoms with Crippen LogP contribution in [0.3, 0.4) is 0 Å². The highest BCUT2D eigenvalue weighted by Gasteiger charge is 2.18. The summed E-state index contributed by atoms with van der Waals surface area (Å²) < 4.78 is 5.34. The van der Waals surface area contributed by atoms with Crippen molar-refractivity contribution in [3.63, 3.8) is 0 Å². The van der Waals surface area contributed by atoms with E-state index in [0.717, 1.165) is 31.6 Å². The summed E-state index contributed by atoms with van der Waals surface area (Å²) in [5, 5.41) is 15.5. The number of carbonyl (C=O) groups is 1. The van der Waals surface area contributed by atoms with E-state index in [0.29, 0.717) is 16.3 Å². The van der Waals surface area contributed by atoms with Gasteiger partial charge in [0.25, 0.3) is 11.6 Å². The summed E-state index contributed by atoms with van der Waals surface area (Å²) in [6, 6.07) is 11.4. The molecule has 1 saturated heterocycles. The molecule has 1 amide bonds. The van der Waals surface area contributed by atoms with Gasteiger partial charge in [0.05, 0.1) is 11.1 Å². The van der Waals surface area contributed by atoms with Crippen LogP contribution in [0.2, 0.25) is 5.02 Å². The number of anilines is 1. The number of nitro benzene ring substituents is 1. The van der Waals surface area contributed by atoms with Gasteiger partial charge in [-0.3, -0.25) is 14.9 Å². The van der Waals surface area contributed by atoms with Crippen molar-refractivity contribution >= 4 is 35.1 Å². The van der Waals surface area contributed by atoms with Gasteiger partial charge in [-0.05, 0) is 37.1 Å². The van der Waals surface area contributed by atoms with E-state index in [1.54, 1.807) is 30.3 Å². The number of nitrogens with zero attached hydrogens (tertiary/aromatic N) is 3. The molecule has 9 heteroatoms. The molecule has 0 saturated carbocycles. The molecule has 8 nitrogen and oxygen atoms in total. The summed E-state index contributed by atoms with van der Waals surface area (Å²) in [5.74, 6) is 0.0195. The molecule has 2 aromatic rings. The zero-order chi connectivity index (χ0) is 19.9. The first-order valence-corrected chi connectivity index (χ1v) is 9.14. The van der Waals surface area contributed by atoms with E-state index in [-0.39, 0.29) is 12.3 Å². The van der Waals surface area contributed by atoms with Gasteiger partial charge in [0.1, 0.15) is 5.75 Å². The lowest BCUT2D eigenvalue weighted by atomic mass is 10.1. The Morgan fingerprint density at radius 3 is 2.79 bits per heavy atom. The lowest BCUT2D eigenvalue weighted by Gasteiger charge is -2.19. The maximum Gasteiger partial charge on any atom is 0.277 e. The van der Waals surface area contributed by atoms with E-state index in [2.05, 4.69) is 15.4 Å². The number of halogens is 1. The molecular formula is C19H19ClN4O4. The van der Waals surface area contributed by atoms with E-state index < -0.39 is 10.8 Å². The molecule has 28 heavy (non-hydrogen) atoms. The van der Waals surface area contributed by atoms with Crippen LogP contribution in [0.1, 0.15) is 18.4 Å². The van der Waals surface area contributed by atoms with Crippen LogP contribution in [0.25, 0.3) is 0 Å². The lowest BCUT2D eigenvalue weighted by Crippen LogP contribution is -2.25. The minimum Gasteiger partial charge on any atom is -0.484 e. The Bertz CT molecular complexity index is 897. The van der Waals surface area contributed by atoms with Crippen LogP contribution < -0.4 is 15.1 Å². The van der Waals surface area contributed by atoms with Crippen LogP contribution in [0.5, 0.6) is 5.75 Å². The number of nitrogens with one attached hydrogen (secondary N) is 1. The molecule has 1 N–H and O–H groups in total. The smallest absolute Gasteiger partial charge is 0.277 e. The highest BCUT2D eigenvalue weighted by Crippen LogP contribution is 2.27. The zero-order valence-corrected chi connectivity index (χ0v) is 15.8. The molecule has 3 rings (SSSR count). The van der Waals surface area contributed by atoms with Gasteiger partial charge in [-0.1, -0.05) is 17.7 Å². The fraction of sp³-hybridized carbons (Fsp3) is 0.263. The standard InChI is InChI=1S/C19H19ClN4O4/c20-15-4-3-5-17(11-15)28-13-19(25)22-21-12-14-10-16(24(26)27)6-7-18(14)23-8-1-2-9-23/h3-7,10-12H,1-2,8-9,13H2,(H,22,25)/b21-12+. The van der Waals surface area contributed by atoms with Gasteiger partial charge < -0.3 is 9.64 Å². The Morgan fingerprint density at radius 2 is 2.07 bits per heavy atom. The minimum absolute atomic E-state index is 0.0278. The van der Waals surface area contributed by atoms with Crippen molar-refractivity contribution in [2.24, 2.45) is 5.10 Å². The number of benzene rings is 2. The van der Waals surface area contributed by atoms with Crippen molar-refractivity contribution in [3.8, 4) is 5.75 Å². The van der Waals surface area contributed by atoms with E-state index >= 15 is 0 Å².